The van der Waals surface area contributed by atoms with E-state index in [9.17, 15) is 4.79 Å². The third-order valence-corrected chi connectivity index (χ3v) is 3.20. The van der Waals surface area contributed by atoms with Gasteiger partial charge in [0, 0.05) is 5.56 Å². The lowest BCUT2D eigenvalue weighted by atomic mass is 10.2. The average Bonchev–Trinajstić information content (AvgIpc) is 2.85. The summed E-state index contributed by atoms with van der Waals surface area (Å²) in [4.78, 5) is 11.4. The van der Waals surface area contributed by atoms with Gasteiger partial charge in [0.05, 0.1) is 9.83 Å². The Morgan fingerprint density at radius 3 is 2.89 bits per heavy atom. The fourth-order valence-corrected chi connectivity index (χ4v) is 1.97. The van der Waals surface area contributed by atoms with Crippen LogP contribution in [-0.2, 0) is 6.61 Å². The van der Waals surface area contributed by atoms with Crippen molar-refractivity contribution >= 4 is 28.5 Å². The van der Waals surface area contributed by atoms with Crippen molar-refractivity contribution in [1.82, 2.24) is 5.43 Å². The summed E-state index contributed by atoms with van der Waals surface area (Å²) >= 11 is 2.18. The maximum atomic E-state index is 11.4. The molecule has 94 valence electrons. The van der Waals surface area contributed by atoms with Gasteiger partial charge in [-0.3, -0.25) is 10.2 Å². The second-order valence-electron chi connectivity index (χ2n) is 3.47. The minimum Gasteiger partial charge on any atom is -0.488 e. The van der Waals surface area contributed by atoms with Crippen molar-refractivity contribution in [3.8, 4) is 5.75 Å². The Bertz CT molecular complexity index is 554. The van der Waals surface area contributed by atoms with Crippen LogP contribution in [0, 0.1) is 3.57 Å². The SMILES string of the molecule is NNC(=O)c1occc1COc1ccccc1I. The van der Waals surface area contributed by atoms with Gasteiger partial charge in [-0.05, 0) is 40.8 Å². The standard InChI is InChI=1S/C12H11IN2O3/c13-9-3-1-2-4-10(9)18-7-8-5-6-17-11(8)12(16)15-14/h1-6H,7,14H2,(H,15,16). The molecule has 18 heavy (non-hydrogen) atoms. The molecular formula is C12H11IN2O3. The summed E-state index contributed by atoms with van der Waals surface area (Å²) in [5, 5.41) is 0. The van der Waals surface area contributed by atoms with Crippen molar-refractivity contribution < 1.29 is 13.9 Å². The normalized spacial score (nSPS) is 10.1. The summed E-state index contributed by atoms with van der Waals surface area (Å²) in [7, 11) is 0. The Balaban J connectivity index is 2.09. The Hall–Kier alpha value is -1.54. The van der Waals surface area contributed by atoms with Crippen LogP contribution in [0.5, 0.6) is 5.75 Å². The molecule has 1 aromatic heterocycles. The van der Waals surface area contributed by atoms with Gasteiger partial charge < -0.3 is 9.15 Å². The van der Waals surface area contributed by atoms with Crippen molar-refractivity contribution in [3.05, 3.63) is 51.5 Å². The molecule has 0 saturated carbocycles. The fraction of sp³-hybridized carbons (Fsp3) is 0.0833. The van der Waals surface area contributed by atoms with Crippen LogP contribution in [0.3, 0.4) is 0 Å². The molecule has 0 unspecified atom stereocenters. The monoisotopic (exact) mass is 358 g/mol. The summed E-state index contributed by atoms with van der Waals surface area (Å²) < 4.78 is 11.7. The highest BCUT2D eigenvalue weighted by atomic mass is 127. The molecule has 0 spiro atoms. The van der Waals surface area contributed by atoms with Gasteiger partial charge >= 0.3 is 5.91 Å². The van der Waals surface area contributed by atoms with Gasteiger partial charge in [0.25, 0.3) is 0 Å². The Morgan fingerprint density at radius 2 is 2.17 bits per heavy atom. The summed E-state index contributed by atoms with van der Waals surface area (Å²) in [6.45, 7) is 0.249. The van der Waals surface area contributed by atoms with E-state index in [2.05, 4.69) is 22.6 Å². The average molecular weight is 358 g/mol. The van der Waals surface area contributed by atoms with E-state index in [-0.39, 0.29) is 12.4 Å². The van der Waals surface area contributed by atoms with Crippen molar-refractivity contribution in [3.63, 3.8) is 0 Å². The molecule has 0 fully saturated rings. The molecule has 5 nitrogen and oxygen atoms in total. The minimum absolute atomic E-state index is 0.170. The number of para-hydroxylation sites is 1. The number of carbonyl (C=O) groups is 1. The number of ether oxygens (including phenoxy) is 1. The van der Waals surface area contributed by atoms with Crippen molar-refractivity contribution in [2.75, 3.05) is 0 Å². The van der Waals surface area contributed by atoms with E-state index in [1.807, 2.05) is 29.7 Å². The molecule has 0 radical (unpaired) electrons. The number of furan rings is 1. The van der Waals surface area contributed by atoms with E-state index in [1.54, 1.807) is 6.07 Å². The lowest BCUT2D eigenvalue weighted by Gasteiger charge is -2.07. The highest BCUT2D eigenvalue weighted by Gasteiger charge is 2.14. The summed E-state index contributed by atoms with van der Waals surface area (Å²) in [5.74, 6) is 5.52. The molecule has 1 heterocycles. The fourth-order valence-electron chi connectivity index (χ4n) is 1.43. The second kappa shape index (κ2) is 5.87. The van der Waals surface area contributed by atoms with Gasteiger partial charge in [-0.2, -0.15) is 0 Å². The van der Waals surface area contributed by atoms with Crippen LogP contribution < -0.4 is 16.0 Å². The number of hydrogen-bond donors (Lipinski definition) is 2. The van der Waals surface area contributed by atoms with E-state index in [0.29, 0.717) is 5.56 Å². The number of benzene rings is 1. The molecule has 0 saturated heterocycles. The van der Waals surface area contributed by atoms with Crippen LogP contribution in [0.25, 0.3) is 0 Å². The second-order valence-corrected chi connectivity index (χ2v) is 4.63. The zero-order chi connectivity index (χ0) is 13.0. The highest BCUT2D eigenvalue weighted by Crippen LogP contribution is 2.21. The van der Waals surface area contributed by atoms with Gasteiger partial charge in [0.15, 0.2) is 5.76 Å². The van der Waals surface area contributed by atoms with Gasteiger partial charge in [-0.25, -0.2) is 5.84 Å². The molecule has 0 aliphatic rings. The third-order valence-electron chi connectivity index (χ3n) is 2.30. The number of nitrogen functional groups attached to an aromatic ring is 1. The van der Waals surface area contributed by atoms with Gasteiger partial charge in [0.2, 0.25) is 0 Å². The largest absolute Gasteiger partial charge is 0.488 e. The predicted molar refractivity (Wildman–Crippen MR) is 73.9 cm³/mol. The number of hydrazine groups is 1. The number of nitrogens with two attached hydrogens (primary N) is 1. The van der Waals surface area contributed by atoms with Gasteiger partial charge in [-0.15, -0.1) is 0 Å². The minimum atomic E-state index is -0.471. The zero-order valence-electron chi connectivity index (χ0n) is 9.35. The van der Waals surface area contributed by atoms with E-state index >= 15 is 0 Å². The van der Waals surface area contributed by atoms with Crippen LogP contribution in [0.4, 0.5) is 0 Å². The first-order valence-electron chi connectivity index (χ1n) is 5.17. The number of hydrogen-bond acceptors (Lipinski definition) is 4. The molecule has 3 N–H and O–H groups in total. The maximum absolute atomic E-state index is 11.4. The van der Waals surface area contributed by atoms with Crippen LogP contribution in [0.1, 0.15) is 16.1 Å². The highest BCUT2D eigenvalue weighted by molar-refractivity contribution is 14.1. The molecule has 2 rings (SSSR count). The van der Waals surface area contributed by atoms with Gasteiger partial charge in [-0.1, -0.05) is 12.1 Å². The van der Waals surface area contributed by atoms with Crippen LogP contribution >= 0.6 is 22.6 Å². The van der Waals surface area contributed by atoms with Crippen LogP contribution in [-0.4, -0.2) is 5.91 Å². The van der Waals surface area contributed by atoms with Crippen LogP contribution in [0.2, 0.25) is 0 Å². The molecule has 6 heteroatoms. The lowest BCUT2D eigenvalue weighted by Crippen LogP contribution is -2.30. The number of amides is 1. The molecule has 0 aliphatic heterocycles. The van der Waals surface area contributed by atoms with Crippen molar-refractivity contribution in [2.24, 2.45) is 5.84 Å². The maximum Gasteiger partial charge on any atom is 0.301 e. The molecular weight excluding hydrogens is 347 g/mol. The molecule has 2 aromatic rings. The number of halogens is 1. The predicted octanol–water partition coefficient (Wildman–Crippen LogP) is 2.07. The van der Waals surface area contributed by atoms with E-state index in [1.165, 1.54) is 6.26 Å². The molecule has 1 aromatic carbocycles. The Morgan fingerprint density at radius 1 is 1.39 bits per heavy atom. The first-order chi connectivity index (χ1) is 8.72. The van der Waals surface area contributed by atoms with E-state index in [4.69, 9.17) is 15.0 Å². The topological polar surface area (TPSA) is 77.5 Å². The molecule has 0 atom stereocenters. The van der Waals surface area contributed by atoms with Gasteiger partial charge in [0.1, 0.15) is 12.4 Å². The number of rotatable bonds is 4. The quantitative estimate of drug-likeness (QED) is 0.380. The van der Waals surface area contributed by atoms with E-state index in [0.717, 1.165) is 9.32 Å². The van der Waals surface area contributed by atoms with Crippen LogP contribution in [0.15, 0.2) is 41.0 Å². The summed E-state index contributed by atoms with van der Waals surface area (Å²) in [6, 6.07) is 9.31. The Kier molecular flexibility index (Phi) is 4.21. The molecule has 1 amide bonds. The lowest BCUT2D eigenvalue weighted by molar-refractivity contribution is 0.0922. The summed E-state index contributed by atoms with van der Waals surface area (Å²) in [5.41, 5.74) is 2.68. The third kappa shape index (κ3) is 2.82. The zero-order valence-corrected chi connectivity index (χ0v) is 11.5. The Labute approximate surface area is 117 Å². The first-order valence-corrected chi connectivity index (χ1v) is 6.25. The van der Waals surface area contributed by atoms with E-state index < -0.39 is 5.91 Å². The van der Waals surface area contributed by atoms with Crippen molar-refractivity contribution in [1.29, 1.82) is 0 Å². The molecule has 0 aliphatic carbocycles. The first kappa shape index (κ1) is 12.9. The molecule has 0 bridgehead atoms. The number of carbonyl (C=O) groups excluding carboxylic acids is 1. The smallest absolute Gasteiger partial charge is 0.301 e. The summed E-state index contributed by atoms with van der Waals surface area (Å²) in [6.07, 6.45) is 1.43. The van der Waals surface area contributed by atoms with Crippen molar-refractivity contribution in [2.45, 2.75) is 6.61 Å². The number of nitrogens with one attached hydrogen (secondary N) is 1.